The molecule has 0 aliphatic rings. The lowest BCUT2D eigenvalue weighted by Gasteiger charge is -2.17. The summed E-state index contributed by atoms with van der Waals surface area (Å²) in [6.07, 6.45) is 0.0429. The van der Waals surface area contributed by atoms with Crippen LogP contribution in [0.5, 0.6) is 5.75 Å². The van der Waals surface area contributed by atoms with Crippen LogP contribution < -0.4 is 4.74 Å². The van der Waals surface area contributed by atoms with Gasteiger partial charge < -0.3 is 14.9 Å². The van der Waals surface area contributed by atoms with Gasteiger partial charge >= 0.3 is 0 Å². The van der Waals surface area contributed by atoms with Crippen molar-refractivity contribution in [2.24, 2.45) is 0 Å². The number of halogens is 2. The summed E-state index contributed by atoms with van der Waals surface area (Å²) >= 11 is 12.0. The number of hydrogen-bond acceptors (Lipinski definition) is 3. The highest BCUT2D eigenvalue weighted by Crippen LogP contribution is 2.33. The molecule has 0 radical (unpaired) electrons. The second-order valence-electron chi connectivity index (χ2n) is 4.16. The zero-order chi connectivity index (χ0) is 13.7. The van der Waals surface area contributed by atoms with E-state index in [1.54, 1.807) is 12.1 Å². The van der Waals surface area contributed by atoms with Crippen molar-refractivity contribution < 1.29 is 14.9 Å². The lowest BCUT2D eigenvalue weighted by Crippen LogP contribution is -2.25. The van der Waals surface area contributed by atoms with E-state index in [9.17, 15) is 10.2 Å². The standard InChI is InChI=1S/C13H18Cl2O3/c1-3-11(16)12(17)5-4-8-6-9(14)7-10(15)13(8)18-2/h6-7,11-12,16-17H,3-5H2,1-2H3. The van der Waals surface area contributed by atoms with Crippen molar-refractivity contribution in [1.29, 1.82) is 0 Å². The number of ether oxygens (including phenoxy) is 1. The Kier molecular flexibility index (Phi) is 6.22. The minimum Gasteiger partial charge on any atom is -0.495 e. The van der Waals surface area contributed by atoms with Crippen LogP contribution in [0.3, 0.4) is 0 Å². The van der Waals surface area contributed by atoms with E-state index in [4.69, 9.17) is 27.9 Å². The van der Waals surface area contributed by atoms with Crippen LogP contribution in [0.4, 0.5) is 0 Å². The monoisotopic (exact) mass is 292 g/mol. The normalized spacial score (nSPS) is 14.3. The molecule has 1 aromatic rings. The Hall–Kier alpha value is -0.480. The van der Waals surface area contributed by atoms with Gasteiger partial charge in [-0.05, 0) is 37.0 Å². The third-order valence-corrected chi connectivity index (χ3v) is 3.36. The molecular weight excluding hydrogens is 275 g/mol. The number of methoxy groups -OCH3 is 1. The highest BCUT2D eigenvalue weighted by atomic mass is 35.5. The zero-order valence-corrected chi connectivity index (χ0v) is 12.0. The molecule has 0 spiro atoms. The smallest absolute Gasteiger partial charge is 0.140 e. The Morgan fingerprint density at radius 1 is 1.22 bits per heavy atom. The summed E-state index contributed by atoms with van der Waals surface area (Å²) in [4.78, 5) is 0. The minimum atomic E-state index is -0.752. The molecule has 0 aliphatic heterocycles. The van der Waals surface area contributed by atoms with Crippen molar-refractivity contribution >= 4 is 23.2 Å². The summed E-state index contributed by atoms with van der Waals surface area (Å²) in [5.74, 6) is 0.569. The van der Waals surface area contributed by atoms with E-state index in [1.807, 2.05) is 6.92 Å². The fraction of sp³-hybridized carbons (Fsp3) is 0.538. The average Bonchev–Trinajstić information content (AvgIpc) is 2.34. The maximum Gasteiger partial charge on any atom is 0.140 e. The van der Waals surface area contributed by atoms with Gasteiger partial charge in [0.1, 0.15) is 5.75 Å². The van der Waals surface area contributed by atoms with Gasteiger partial charge in [0.25, 0.3) is 0 Å². The van der Waals surface area contributed by atoms with E-state index in [0.29, 0.717) is 35.1 Å². The molecule has 5 heteroatoms. The van der Waals surface area contributed by atoms with Gasteiger partial charge in [0.05, 0.1) is 24.3 Å². The molecule has 0 amide bonds. The molecular formula is C13H18Cl2O3. The highest BCUT2D eigenvalue weighted by molar-refractivity contribution is 6.35. The summed E-state index contributed by atoms with van der Waals surface area (Å²) in [5.41, 5.74) is 0.831. The number of rotatable bonds is 6. The van der Waals surface area contributed by atoms with Gasteiger partial charge in [0.15, 0.2) is 0 Å². The average molecular weight is 293 g/mol. The Morgan fingerprint density at radius 3 is 2.44 bits per heavy atom. The first-order valence-electron chi connectivity index (χ1n) is 5.87. The molecule has 0 aromatic heterocycles. The van der Waals surface area contributed by atoms with E-state index in [1.165, 1.54) is 7.11 Å². The minimum absolute atomic E-state index is 0.433. The second-order valence-corrected chi connectivity index (χ2v) is 5.01. The van der Waals surface area contributed by atoms with Gasteiger partial charge in [-0.15, -0.1) is 0 Å². The van der Waals surface area contributed by atoms with Crippen LogP contribution in [0.15, 0.2) is 12.1 Å². The summed E-state index contributed by atoms with van der Waals surface area (Å²) in [5, 5.41) is 20.2. The SMILES string of the molecule is CCC(O)C(O)CCc1cc(Cl)cc(Cl)c1OC. The molecule has 1 aromatic carbocycles. The molecule has 18 heavy (non-hydrogen) atoms. The molecule has 3 nitrogen and oxygen atoms in total. The first-order chi connectivity index (χ1) is 8.49. The van der Waals surface area contributed by atoms with E-state index in [2.05, 4.69) is 0 Å². The van der Waals surface area contributed by atoms with Crippen molar-refractivity contribution in [2.75, 3.05) is 7.11 Å². The van der Waals surface area contributed by atoms with Gasteiger partial charge in [-0.3, -0.25) is 0 Å². The van der Waals surface area contributed by atoms with Gasteiger partial charge in [-0.25, -0.2) is 0 Å². The van der Waals surface area contributed by atoms with Crippen LogP contribution in [0.1, 0.15) is 25.3 Å². The molecule has 2 unspecified atom stereocenters. The Bertz CT molecular complexity index is 396. The maximum absolute atomic E-state index is 9.72. The number of aryl methyl sites for hydroxylation is 1. The van der Waals surface area contributed by atoms with Crippen molar-refractivity contribution in [1.82, 2.24) is 0 Å². The molecule has 0 bridgehead atoms. The van der Waals surface area contributed by atoms with Gasteiger partial charge in [-0.1, -0.05) is 30.1 Å². The quantitative estimate of drug-likeness (QED) is 0.847. The fourth-order valence-corrected chi connectivity index (χ4v) is 2.41. The molecule has 0 heterocycles. The summed E-state index contributed by atoms with van der Waals surface area (Å²) < 4.78 is 5.22. The van der Waals surface area contributed by atoms with Gasteiger partial charge in [-0.2, -0.15) is 0 Å². The van der Waals surface area contributed by atoms with E-state index < -0.39 is 12.2 Å². The van der Waals surface area contributed by atoms with Crippen molar-refractivity contribution in [3.63, 3.8) is 0 Å². The van der Waals surface area contributed by atoms with Crippen LogP contribution in [0.25, 0.3) is 0 Å². The number of hydrogen-bond donors (Lipinski definition) is 2. The lowest BCUT2D eigenvalue weighted by molar-refractivity contribution is 0.0130. The molecule has 2 N–H and O–H groups in total. The number of benzene rings is 1. The van der Waals surface area contributed by atoms with E-state index >= 15 is 0 Å². The van der Waals surface area contributed by atoms with Crippen LogP contribution in [-0.2, 0) is 6.42 Å². The fourth-order valence-electron chi connectivity index (χ4n) is 1.80. The molecule has 0 saturated heterocycles. The molecule has 0 saturated carbocycles. The summed E-state index contributed by atoms with van der Waals surface area (Å²) in [6.45, 7) is 1.82. The van der Waals surface area contributed by atoms with E-state index in [0.717, 1.165) is 5.56 Å². The summed E-state index contributed by atoms with van der Waals surface area (Å²) in [7, 11) is 1.54. The molecule has 1 rings (SSSR count). The Balaban J connectivity index is 2.78. The topological polar surface area (TPSA) is 49.7 Å². The lowest BCUT2D eigenvalue weighted by atomic mass is 10.0. The number of aliphatic hydroxyl groups is 2. The van der Waals surface area contributed by atoms with Gasteiger partial charge in [0.2, 0.25) is 0 Å². The molecule has 0 fully saturated rings. The van der Waals surface area contributed by atoms with Gasteiger partial charge in [0, 0.05) is 5.02 Å². The molecule has 0 aliphatic carbocycles. The van der Waals surface area contributed by atoms with Crippen LogP contribution in [0.2, 0.25) is 10.0 Å². The third-order valence-electron chi connectivity index (χ3n) is 2.86. The maximum atomic E-state index is 9.72. The third kappa shape index (κ3) is 4.02. The predicted octanol–water partition coefficient (Wildman–Crippen LogP) is 3.07. The second kappa shape index (κ2) is 7.19. The highest BCUT2D eigenvalue weighted by Gasteiger charge is 2.16. The van der Waals surface area contributed by atoms with Crippen LogP contribution in [0, 0.1) is 0 Å². The Morgan fingerprint density at radius 2 is 1.89 bits per heavy atom. The Labute approximate surface area is 117 Å². The van der Waals surface area contributed by atoms with E-state index in [-0.39, 0.29) is 0 Å². The predicted molar refractivity (Wildman–Crippen MR) is 73.6 cm³/mol. The van der Waals surface area contributed by atoms with Crippen molar-refractivity contribution in [3.8, 4) is 5.75 Å². The molecule has 2 atom stereocenters. The van der Waals surface area contributed by atoms with Crippen molar-refractivity contribution in [2.45, 2.75) is 38.4 Å². The largest absolute Gasteiger partial charge is 0.495 e. The van der Waals surface area contributed by atoms with Crippen LogP contribution in [-0.4, -0.2) is 29.5 Å². The zero-order valence-electron chi connectivity index (χ0n) is 10.5. The van der Waals surface area contributed by atoms with Crippen LogP contribution >= 0.6 is 23.2 Å². The van der Waals surface area contributed by atoms with Crippen molar-refractivity contribution in [3.05, 3.63) is 27.7 Å². The number of aliphatic hydroxyl groups excluding tert-OH is 2. The first kappa shape index (κ1) is 15.6. The summed E-state index contributed by atoms with van der Waals surface area (Å²) in [6, 6.07) is 3.38. The first-order valence-corrected chi connectivity index (χ1v) is 6.63. The molecule has 102 valence electrons.